The molecule has 1 aliphatic heterocycles. The average molecular weight is 614 g/mol. The molecule has 1 saturated heterocycles. The highest BCUT2D eigenvalue weighted by atomic mass is 32.2. The number of benzene rings is 3. The van der Waals surface area contributed by atoms with E-state index in [1.807, 2.05) is 48.5 Å². The summed E-state index contributed by atoms with van der Waals surface area (Å²) in [4.78, 5) is 33.4. The third-order valence-corrected chi connectivity index (χ3v) is 8.07. The lowest BCUT2D eigenvalue weighted by molar-refractivity contribution is -0.245. The lowest BCUT2D eigenvalue weighted by Crippen LogP contribution is -2.31. The van der Waals surface area contributed by atoms with Crippen molar-refractivity contribution in [1.82, 2.24) is 9.97 Å². The van der Waals surface area contributed by atoms with Crippen molar-refractivity contribution < 1.29 is 24.2 Å². The standard InChI is InChI=1S/C33H35N5O5S/c34-27-5-1-2-6-28(27)38-31(41)8-3-7-30(40)37-25-15-13-24(14-16-25)32-42-26(21-44-33-35-17-4-18-36-33)19-29(43-32)23-11-9-22(20-39)10-12-23/h1-2,4-6,9-18,26,29,32,39H,3,7-8,19-21,34H2,(H,37,40)(H,38,41). The van der Waals surface area contributed by atoms with Crippen LogP contribution < -0.4 is 16.4 Å². The van der Waals surface area contributed by atoms with Crippen LogP contribution in [-0.2, 0) is 25.7 Å². The highest BCUT2D eigenvalue weighted by molar-refractivity contribution is 7.99. The Hall–Kier alpha value is -4.29. The maximum atomic E-state index is 12.5. The van der Waals surface area contributed by atoms with Gasteiger partial charge in [0.1, 0.15) is 0 Å². The quantitative estimate of drug-likeness (QED) is 0.0905. The largest absolute Gasteiger partial charge is 0.397 e. The summed E-state index contributed by atoms with van der Waals surface area (Å²) in [6.07, 6.45) is 3.95. The lowest BCUT2D eigenvalue weighted by Gasteiger charge is -2.36. The van der Waals surface area contributed by atoms with Gasteiger partial charge < -0.3 is 30.9 Å². The zero-order chi connectivity index (χ0) is 30.7. The lowest BCUT2D eigenvalue weighted by atomic mass is 10.0. The summed E-state index contributed by atoms with van der Waals surface area (Å²) in [6.45, 7) is -0.0179. The number of ether oxygens (including phenoxy) is 2. The zero-order valence-corrected chi connectivity index (χ0v) is 24.9. The molecule has 11 heteroatoms. The van der Waals surface area contributed by atoms with Gasteiger partial charge in [0.15, 0.2) is 11.4 Å². The average Bonchev–Trinajstić information content (AvgIpc) is 3.05. The van der Waals surface area contributed by atoms with E-state index in [0.29, 0.717) is 40.8 Å². The van der Waals surface area contributed by atoms with Gasteiger partial charge in [0.25, 0.3) is 0 Å². The smallest absolute Gasteiger partial charge is 0.224 e. The molecule has 44 heavy (non-hydrogen) atoms. The molecule has 0 bridgehead atoms. The van der Waals surface area contributed by atoms with Crippen LogP contribution in [0, 0.1) is 0 Å². The molecule has 4 aromatic rings. The molecule has 3 aromatic carbocycles. The molecule has 5 N–H and O–H groups in total. The molecule has 2 heterocycles. The van der Waals surface area contributed by atoms with E-state index in [4.69, 9.17) is 15.2 Å². The number of nitrogens with one attached hydrogen (secondary N) is 2. The maximum Gasteiger partial charge on any atom is 0.224 e. The first-order valence-electron chi connectivity index (χ1n) is 14.4. The second-order valence-corrected chi connectivity index (χ2v) is 11.3. The van der Waals surface area contributed by atoms with Gasteiger partial charge in [-0.2, -0.15) is 0 Å². The molecule has 10 nitrogen and oxygen atoms in total. The molecular formula is C33H35N5O5S. The van der Waals surface area contributed by atoms with Crippen LogP contribution in [0.4, 0.5) is 17.1 Å². The van der Waals surface area contributed by atoms with Gasteiger partial charge in [0.05, 0.1) is 30.2 Å². The van der Waals surface area contributed by atoms with Crippen LogP contribution in [0.25, 0.3) is 0 Å². The fourth-order valence-corrected chi connectivity index (χ4v) is 5.55. The Balaban J connectivity index is 1.16. The second kappa shape index (κ2) is 15.4. The van der Waals surface area contributed by atoms with E-state index in [1.165, 1.54) is 11.8 Å². The number of hydrogen-bond donors (Lipinski definition) is 4. The van der Waals surface area contributed by atoms with Gasteiger partial charge in [0.2, 0.25) is 11.8 Å². The summed E-state index contributed by atoms with van der Waals surface area (Å²) in [5, 5.41) is 15.8. The molecule has 5 rings (SSSR count). The molecule has 2 amide bonds. The van der Waals surface area contributed by atoms with Crippen molar-refractivity contribution in [3.63, 3.8) is 0 Å². The number of hydrogen-bond acceptors (Lipinski definition) is 9. The molecule has 0 spiro atoms. The van der Waals surface area contributed by atoms with Gasteiger partial charge in [-0.25, -0.2) is 9.97 Å². The Morgan fingerprint density at radius 1 is 0.864 bits per heavy atom. The number of carbonyl (C=O) groups is 2. The summed E-state index contributed by atoms with van der Waals surface area (Å²) < 4.78 is 12.8. The summed E-state index contributed by atoms with van der Waals surface area (Å²) in [6, 6.07) is 23.9. The Bertz CT molecular complexity index is 1520. The van der Waals surface area contributed by atoms with Crippen LogP contribution >= 0.6 is 11.8 Å². The van der Waals surface area contributed by atoms with Crippen LogP contribution in [0.2, 0.25) is 0 Å². The zero-order valence-electron chi connectivity index (χ0n) is 24.1. The first-order valence-corrected chi connectivity index (χ1v) is 15.4. The van der Waals surface area contributed by atoms with Crippen molar-refractivity contribution in [3.05, 3.63) is 108 Å². The number of anilines is 3. The molecule has 0 radical (unpaired) electrons. The fourth-order valence-electron chi connectivity index (χ4n) is 4.73. The number of amides is 2. The number of aliphatic hydroxyl groups excluding tert-OH is 1. The van der Waals surface area contributed by atoms with Crippen LogP contribution in [0.5, 0.6) is 0 Å². The van der Waals surface area contributed by atoms with Crippen LogP contribution in [0.15, 0.2) is 96.4 Å². The summed E-state index contributed by atoms with van der Waals surface area (Å²) >= 11 is 1.53. The number of carbonyl (C=O) groups excluding carboxylic acids is 2. The second-order valence-electron chi connectivity index (χ2n) is 10.4. The molecule has 0 saturated carbocycles. The van der Waals surface area contributed by atoms with E-state index in [2.05, 4.69) is 20.6 Å². The van der Waals surface area contributed by atoms with Crippen molar-refractivity contribution in [2.24, 2.45) is 0 Å². The Kier molecular flexibility index (Phi) is 10.9. The molecule has 1 fully saturated rings. The Morgan fingerprint density at radius 2 is 1.55 bits per heavy atom. The molecule has 1 aromatic heterocycles. The van der Waals surface area contributed by atoms with Crippen LogP contribution in [0.3, 0.4) is 0 Å². The fraction of sp³-hybridized carbons (Fsp3) is 0.273. The van der Waals surface area contributed by atoms with E-state index in [9.17, 15) is 14.7 Å². The predicted molar refractivity (Wildman–Crippen MR) is 170 cm³/mol. The minimum atomic E-state index is -0.615. The highest BCUT2D eigenvalue weighted by Gasteiger charge is 2.32. The van der Waals surface area contributed by atoms with Crippen molar-refractivity contribution >= 4 is 40.6 Å². The number of nitrogen functional groups attached to an aromatic ring is 1. The number of aromatic nitrogens is 2. The van der Waals surface area contributed by atoms with Gasteiger partial charge in [-0.3, -0.25) is 9.59 Å². The van der Waals surface area contributed by atoms with Crippen molar-refractivity contribution in [2.75, 3.05) is 22.1 Å². The number of nitrogens with two attached hydrogens (primary N) is 1. The number of rotatable bonds is 12. The SMILES string of the molecule is Nc1ccccc1NC(=O)CCCC(=O)Nc1ccc(C2OC(CSc3ncccn3)CC(c3ccc(CO)cc3)O2)cc1. The molecular weight excluding hydrogens is 578 g/mol. The topological polar surface area (TPSA) is 149 Å². The number of aliphatic hydroxyl groups is 1. The van der Waals surface area contributed by atoms with Crippen molar-refractivity contribution in [3.8, 4) is 0 Å². The Labute approximate surface area is 260 Å². The molecule has 1 aliphatic rings. The number of nitrogens with zero attached hydrogens (tertiary/aromatic N) is 2. The first kappa shape index (κ1) is 31.1. The molecule has 228 valence electrons. The minimum Gasteiger partial charge on any atom is -0.397 e. The molecule has 3 atom stereocenters. The summed E-state index contributed by atoms with van der Waals surface area (Å²) in [7, 11) is 0. The highest BCUT2D eigenvalue weighted by Crippen LogP contribution is 2.39. The van der Waals surface area contributed by atoms with Gasteiger partial charge in [-0.1, -0.05) is 60.3 Å². The van der Waals surface area contributed by atoms with E-state index >= 15 is 0 Å². The van der Waals surface area contributed by atoms with E-state index in [0.717, 1.165) is 16.7 Å². The summed E-state index contributed by atoms with van der Waals surface area (Å²) in [5.41, 5.74) is 10.2. The maximum absolute atomic E-state index is 12.5. The number of para-hydroxylation sites is 2. The molecule has 0 aliphatic carbocycles. The summed E-state index contributed by atoms with van der Waals surface area (Å²) in [5.74, 6) is 0.282. The third-order valence-electron chi connectivity index (χ3n) is 7.06. The van der Waals surface area contributed by atoms with E-state index in [1.54, 1.807) is 42.7 Å². The Morgan fingerprint density at radius 3 is 2.25 bits per heavy atom. The molecule has 3 unspecified atom stereocenters. The van der Waals surface area contributed by atoms with Gasteiger partial charge in [-0.15, -0.1) is 0 Å². The normalized spacial score (nSPS) is 18.0. The van der Waals surface area contributed by atoms with Gasteiger partial charge >= 0.3 is 0 Å². The van der Waals surface area contributed by atoms with E-state index in [-0.39, 0.29) is 43.5 Å². The number of thioether (sulfide) groups is 1. The van der Waals surface area contributed by atoms with Crippen molar-refractivity contribution in [1.29, 1.82) is 0 Å². The van der Waals surface area contributed by atoms with E-state index < -0.39 is 6.29 Å². The van der Waals surface area contributed by atoms with Crippen LogP contribution in [-0.4, -0.2) is 38.7 Å². The van der Waals surface area contributed by atoms with Crippen LogP contribution in [0.1, 0.15) is 54.8 Å². The third kappa shape index (κ3) is 8.87. The van der Waals surface area contributed by atoms with Gasteiger partial charge in [-0.05, 0) is 47.9 Å². The monoisotopic (exact) mass is 613 g/mol. The first-order chi connectivity index (χ1) is 21.5. The van der Waals surface area contributed by atoms with Gasteiger partial charge in [0, 0.05) is 48.7 Å². The van der Waals surface area contributed by atoms with Crippen molar-refractivity contribution in [2.45, 2.75) is 55.9 Å². The minimum absolute atomic E-state index is 0.0179. The predicted octanol–water partition coefficient (Wildman–Crippen LogP) is 5.64.